The number of hydrogen-bond donors (Lipinski definition) is 3. The standard InChI is InChI=1S/C20H21N5/c1-12-9-10-22-20-15(5-4-6-17(20)23-12)14-7-8-18-16(11-14)19(13(2)21)24-25(18)3/h4-8,11,22-23H,1-2,9-10,21H2,3H3. The molecule has 0 saturated heterocycles. The van der Waals surface area contributed by atoms with E-state index in [0.29, 0.717) is 5.70 Å². The Labute approximate surface area is 146 Å². The van der Waals surface area contributed by atoms with E-state index >= 15 is 0 Å². The largest absolute Gasteiger partial charge is 0.397 e. The van der Waals surface area contributed by atoms with Crippen molar-refractivity contribution in [1.29, 1.82) is 0 Å². The Bertz CT molecular complexity index is 1010. The normalized spacial score (nSPS) is 13.7. The molecule has 1 aliphatic rings. The Morgan fingerprint density at radius 2 is 2.12 bits per heavy atom. The van der Waals surface area contributed by atoms with Gasteiger partial charge in [-0.05, 0) is 23.8 Å². The zero-order valence-electron chi connectivity index (χ0n) is 14.3. The van der Waals surface area contributed by atoms with E-state index in [1.54, 1.807) is 0 Å². The maximum atomic E-state index is 5.93. The van der Waals surface area contributed by atoms with Gasteiger partial charge in [0, 0.05) is 36.7 Å². The van der Waals surface area contributed by atoms with Crippen molar-refractivity contribution in [2.75, 3.05) is 17.2 Å². The number of benzene rings is 2. The van der Waals surface area contributed by atoms with E-state index in [9.17, 15) is 0 Å². The Morgan fingerprint density at radius 1 is 1.28 bits per heavy atom. The molecule has 5 nitrogen and oxygen atoms in total. The van der Waals surface area contributed by atoms with E-state index in [1.165, 1.54) is 0 Å². The fourth-order valence-corrected chi connectivity index (χ4v) is 3.35. The van der Waals surface area contributed by atoms with Crippen LogP contribution in [0.1, 0.15) is 12.1 Å². The fraction of sp³-hybridized carbons (Fsp3) is 0.150. The third-order valence-electron chi connectivity index (χ3n) is 4.57. The molecular weight excluding hydrogens is 310 g/mol. The first-order valence-corrected chi connectivity index (χ1v) is 8.28. The summed E-state index contributed by atoms with van der Waals surface area (Å²) in [6.45, 7) is 8.77. The van der Waals surface area contributed by atoms with Crippen molar-refractivity contribution in [3.8, 4) is 11.1 Å². The van der Waals surface area contributed by atoms with Gasteiger partial charge in [-0.15, -0.1) is 0 Å². The highest BCUT2D eigenvalue weighted by Crippen LogP contribution is 2.38. The van der Waals surface area contributed by atoms with Crippen LogP contribution in [0, 0.1) is 0 Å². The van der Waals surface area contributed by atoms with Crippen molar-refractivity contribution >= 4 is 28.0 Å². The van der Waals surface area contributed by atoms with Gasteiger partial charge in [0.15, 0.2) is 0 Å². The SMILES string of the molecule is C=C1CCNc2c(cccc2-c2ccc3c(c2)c(C(=C)N)nn3C)N1. The predicted octanol–water partition coefficient (Wildman–Crippen LogP) is 3.91. The molecule has 0 radical (unpaired) electrons. The maximum Gasteiger partial charge on any atom is 0.115 e. The minimum absolute atomic E-state index is 0.478. The van der Waals surface area contributed by atoms with E-state index in [2.05, 4.69) is 65.3 Å². The van der Waals surface area contributed by atoms with Gasteiger partial charge in [-0.1, -0.05) is 31.4 Å². The highest BCUT2D eigenvalue weighted by atomic mass is 15.3. The van der Waals surface area contributed by atoms with E-state index in [-0.39, 0.29) is 0 Å². The highest BCUT2D eigenvalue weighted by Gasteiger charge is 2.16. The van der Waals surface area contributed by atoms with Gasteiger partial charge >= 0.3 is 0 Å². The number of nitrogens with zero attached hydrogens (tertiary/aromatic N) is 2. The number of nitrogens with one attached hydrogen (secondary N) is 2. The molecule has 0 amide bonds. The minimum Gasteiger partial charge on any atom is -0.397 e. The summed E-state index contributed by atoms with van der Waals surface area (Å²) in [5, 5.41) is 12.4. The van der Waals surface area contributed by atoms with Crippen LogP contribution in [0.15, 0.2) is 55.3 Å². The summed E-state index contributed by atoms with van der Waals surface area (Å²) in [6, 6.07) is 12.6. The second-order valence-corrected chi connectivity index (χ2v) is 6.36. The van der Waals surface area contributed by atoms with Crippen LogP contribution in [0.5, 0.6) is 0 Å². The Hall–Kier alpha value is -3.21. The van der Waals surface area contributed by atoms with Gasteiger partial charge < -0.3 is 16.4 Å². The van der Waals surface area contributed by atoms with Crippen molar-refractivity contribution < 1.29 is 0 Å². The van der Waals surface area contributed by atoms with Gasteiger partial charge in [0.1, 0.15) is 5.69 Å². The number of rotatable bonds is 2. The zero-order valence-corrected chi connectivity index (χ0v) is 14.3. The summed E-state index contributed by atoms with van der Waals surface area (Å²) < 4.78 is 1.84. The molecule has 0 atom stereocenters. The minimum atomic E-state index is 0.478. The number of para-hydroxylation sites is 1. The summed E-state index contributed by atoms with van der Waals surface area (Å²) in [5.41, 5.74) is 13.6. The molecule has 2 aromatic carbocycles. The molecule has 1 aromatic heterocycles. The van der Waals surface area contributed by atoms with Crippen LogP contribution in [-0.2, 0) is 7.05 Å². The first kappa shape index (κ1) is 15.3. The molecule has 1 aliphatic heterocycles. The van der Waals surface area contributed by atoms with E-state index in [0.717, 1.165) is 57.8 Å². The summed E-state index contributed by atoms with van der Waals surface area (Å²) in [6.07, 6.45) is 0.896. The van der Waals surface area contributed by atoms with Crippen LogP contribution >= 0.6 is 0 Å². The van der Waals surface area contributed by atoms with Gasteiger partial charge in [-0.2, -0.15) is 5.10 Å². The van der Waals surface area contributed by atoms with Crippen molar-refractivity contribution in [2.24, 2.45) is 12.8 Å². The van der Waals surface area contributed by atoms with Crippen molar-refractivity contribution in [1.82, 2.24) is 9.78 Å². The Morgan fingerprint density at radius 3 is 2.92 bits per heavy atom. The van der Waals surface area contributed by atoms with Gasteiger partial charge in [0.05, 0.1) is 22.6 Å². The number of aryl methyl sites for hydroxylation is 1. The van der Waals surface area contributed by atoms with Gasteiger partial charge in [-0.3, -0.25) is 4.68 Å². The summed E-state index contributed by atoms with van der Waals surface area (Å²) in [4.78, 5) is 0. The molecular formula is C20H21N5. The third-order valence-corrected chi connectivity index (χ3v) is 4.57. The first-order chi connectivity index (χ1) is 12.0. The van der Waals surface area contributed by atoms with Crippen LogP contribution in [0.25, 0.3) is 27.7 Å². The molecule has 3 aromatic rings. The molecule has 4 N–H and O–H groups in total. The smallest absolute Gasteiger partial charge is 0.115 e. The summed E-state index contributed by atoms with van der Waals surface area (Å²) in [5.74, 6) is 0. The molecule has 0 fully saturated rings. The van der Waals surface area contributed by atoms with Crippen LogP contribution < -0.4 is 16.4 Å². The highest BCUT2D eigenvalue weighted by molar-refractivity contribution is 5.96. The van der Waals surface area contributed by atoms with Crippen molar-refractivity contribution in [3.05, 3.63) is 60.9 Å². The molecule has 126 valence electrons. The lowest BCUT2D eigenvalue weighted by molar-refractivity contribution is 0.791. The Balaban J connectivity index is 1.91. The van der Waals surface area contributed by atoms with Gasteiger partial charge in [0.25, 0.3) is 0 Å². The molecule has 0 unspecified atom stereocenters. The number of fused-ring (bicyclic) bond motifs is 2. The van der Waals surface area contributed by atoms with Crippen molar-refractivity contribution in [2.45, 2.75) is 6.42 Å². The molecule has 25 heavy (non-hydrogen) atoms. The lowest BCUT2D eigenvalue weighted by Crippen LogP contribution is -2.00. The summed E-state index contributed by atoms with van der Waals surface area (Å²) >= 11 is 0. The lowest BCUT2D eigenvalue weighted by atomic mass is 10.00. The van der Waals surface area contributed by atoms with E-state index < -0.39 is 0 Å². The first-order valence-electron chi connectivity index (χ1n) is 8.28. The summed E-state index contributed by atoms with van der Waals surface area (Å²) in [7, 11) is 1.92. The zero-order chi connectivity index (χ0) is 17.6. The predicted molar refractivity (Wildman–Crippen MR) is 105 cm³/mol. The monoisotopic (exact) mass is 331 g/mol. The average molecular weight is 331 g/mol. The number of hydrogen-bond acceptors (Lipinski definition) is 4. The van der Waals surface area contributed by atoms with Crippen LogP contribution in [0.2, 0.25) is 0 Å². The third kappa shape index (κ3) is 2.54. The second kappa shape index (κ2) is 5.70. The molecule has 0 bridgehead atoms. The van der Waals surface area contributed by atoms with Gasteiger partial charge in [0.2, 0.25) is 0 Å². The number of aromatic nitrogens is 2. The quantitative estimate of drug-likeness (QED) is 0.666. The molecule has 2 heterocycles. The lowest BCUT2D eigenvalue weighted by Gasteiger charge is -2.14. The van der Waals surface area contributed by atoms with Crippen LogP contribution in [-0.4, -0.2) is 16.3 Å². The fourth-order valence-electron chi connectivity index (χ4n) is 3.35. The second-order valence-electron chi connectivity index (χ2n) is 6.36. The molecule has 0 aliphatic carbocycles. The van der Waals surface area contributed by atoms with Crippen molar-refractivity contribution in [3.63, 3.8) is 0 Å². The Kier molecular flexibility index (Phi) is 3.50. The topological polar surface area (TPSA) is 67.9 Å². The molecule has 5 heteroatoms. The van der Waals surface area contributed by atoms with E-state index in [1.807, 2.05) is 11.7 Å². The van der Waals surface area contributed by atoms with Gasteiger partial charge in [-0.25, -0.2) is 0 Å². The average Bonchev–Trinajstić information content (AvgIpc) is 2.79. The van der Waals surface area contributed by atoms with E-state index in [4.69, 9.17) is 5.73 Å². The van der Waals surface area contributed by atoms with Crippen LogP contribution in [0.3, 0.4) is 0 Å². The van der Waals surface area contributed by atoms with Crippen LogP contribution in [0.4, 0.5) is 11.4 Å². The molecule has 4 rings (SSSR count). The molecule has 0 saturated carbocycles. The number of nitrogens with two attached hydrogens (primary N) is 1. The maximum absolute atomic E-state index is 5.93. The number of anilines is 2. The molecule has 0 spiro atoms.